The Labute approximate surface area is 127 Å². The summed E-state index contributed by atoms with van der Waals surface area (Å²) in [5, 5.41) is 7.39. The van der Waals surface area contributed by atoms with Gasteiger partial charge in [0.2, 0.25) is 0 Å². The van der Waals surface area contributed by atoms with Gasteiger partial charge in [-0.3, -0.25) is 5.41 Å². The van der Waals surface area contributed by atoms with Crippen LogP contribution in [0.3, 0.4) is 0 Å². The van der Waals surface area contributed by atoms with E-state index in [4.69, 9.17) is 15.9 Å². The third-order valence-electron chi connectivity index (χ3n) is 3.94. The number of nitrogens with one attached hydrogen (secondary N) is 1. The highest BCUT2D eigenvalue weighted by Gasteiger charge is 2.24. The van der Waals surface area contributed by atoms with Gasteiger partial charge < -0.3 is 10.5 Å². The number of benzene rings is 1. The monoisotopic (exact) mass is 342 g/mol. The van der Waals surface area contributed by atoms with E-state index in [2.05, 4.69) is 22.9 Å². The van der Waals surface area contributed by atoms with Gasteiger partial charge in [-0.25, -0.2) is 4.39 Å². The quantitative estimate of drug-likeness (QED) is 0.635. The molecular formula is C15H20BrFN2O. The fraction of sp³-hybridized carbons (Fsp3) is 0.533. The molecule has 0 heterocycles. The van der Waals surface area contributed by atoms with Crippen molar-refractivity contribution in [3.05, 3.63) is 28.0 Å². The van der Waals surface area contributed by atoms with Crippen LogP contribution in [-0.2, 0) is 0 Å². The smallest absolute Gasteiger partial charge is 0.179 e. The molecular weight excluding hydrogens is 323 g/mol. The first kappa shape index (κ1) is 15.3. The first-order valence-corrected chi connectivity index (χ1v) is 7.81. The Balaban J connectivity index is 2.14. The van der Waals surface area contributed by atoms with Crippen LogP contribution >= 0.6 is 15.9 Å². The number of ether oxygens (including phenoxy) is 1. The predicted molar refractivity (Wildman–Crippen MR) is 81.8 cm³/mol. The van der Waals surface area contributed by atoms with E-state index in [1.807, 2.05) is 0 Å². The fourth-order valence-corrected chi connectivity index (χ4v) is 3.27. The van der Waals surface area contributed by atoms with E-state index in [1.165, 1.54) is 6.42 Å². The molecule has 110 valence electrons. The molecule has 0 spiro atoms. The Morgan fingerprint density at radius 2 is 2.25 bits per heavy atom. The third-order valence-corrected chi connectivity index (χ3v) is 4.72. The van der Waals surface area contributed by atoms with Crippen molar-refractivity contribution >= 4 is 21.8 Å². The van der Waals surface area contributed by atoms with Crippen molar-refractivity contribution < 1.29 is 9.13 Å². The molecule has 2 rings (SSSR count). The molecule has 2 unspecified atom stereocenters. The molecule has 1 fully saturated rings. The molecule has 3 N–H and O–H groups in total. The first-order chi connectivity index (χ1) is 9.52. The summed E-state index contributed by atoms with van der Waals surface area (Å²) in [6.45, 7) is 2.19. The lowest BCUT2D eigenvalue weighted by molar-refractivity contribution is 0.117. The Hall–Kier alpha value is -1.10. The van der Waals surface area contributed by atoms with Gasteiger partial charge in [-0.2, -0.15) is 0 Å². The highest BCUT2D eigenvalue weighted by molar-refractivity contribution is 9.10. The van der Waals surface area contributed by atoms with E-state index in [1.54, 1.807) is 12.1 Å². The lowest BCUT2D eigenvalue weighted by Crippen LogP contribution is -2.25. The summed E-state index contributed by atoms with van der Waals surface area (Å²) in [4.78, 5) is 0. The predicted octanol–water partition coefficient (Wildman–Crippen LogP) is 4.22. The van der Waals surface area contributed by atoms with Crippen molar-refractivity contribution in [1.82, 2.24) is 0 Å². The standard InChI is InChI=1S/C15H20BrFN2O/c1-2-9-4-3-5-10(8-9)20-12-7-6-11(15(18)19)13(16)14(12)17/h6-7,9-10H,2-5,8H2,1H3,(H3,18,19). The van der Waals surface area contributed by atoms with Crippen molar-refractivity contribution in [3.8, 4) is 5.75 Å². The number of hydrogen-bond acceptors (Lipinski definition) is 2. The highest BCUT2D eigenvalue weighted by atomic mass is 79.9. The summed E-state index contributed by atoms with van der Waals surface area (Å²) in [5.41, 5.74) is 5.75. The molecule has 3 nitrogen and oxygen atoms in total. The minimum atomic E-state index is -0.476. The van der Waals surface area contributed by atoms with Gasteiger partial charge in [-0.05, 0) is 53.2 Å². The molecule has 0 amide bonds. The largest absolute Gasteiger partial charge is 0.487 e. The lowest BCUT2D eigenvalue weighted by Gasteiger charge is -2.29. The van der Waals surface area contributed by atoms with Crippen LogP contribution in [-0.4, -0.2) is 11.9 Å². The van der Waals surface area contributed by atoms with Gasteiger partial charge in [0, 0.05) is 5.56 Å². The summed E-state index contributed by atoms with van der Waals surface area (Å²) in [6.07, 6.45) is 5.57. The lowest BCUT2D eigenvalue weighted by atomic mass is 9.85. The zero-order valence-electron chi connectivity index (χ0n) is 11.6. The maximum atomic E-state index is 14.2. The molecule has 0 bridgehead atoms. The topological polar surface area (TPSA) is 59.1 Å². The molecule has 1 aliphatic rings. The average molecular weight is 343 g/mol. The number of amidine groups is 1. The van der Waals surface area contributed by atoms with Gasteiger partial charge in [0.1, 0.15) is 5.84 Å². The number of rotatable bonds is 4. The van der Waals surface area contributed by atoms with E-state index in [-0.39, 0.29) is 22.2 Å². The van der Waals surface area contributed by atoms with Crippen LogP contribution in [0.25, 0.3) is 0 Å². The zero-order chi connectivity index (χ0) is 14.7. The van der Waals surface area contributed by atoms with Crippen LogP contribution in [0, 0.1) is 17.1 Å². The molecule has 1 aromatic rings. The Morgan fingerprint density at radius 3 is 2.90 bits per heavy atom. The van der Waals surface area contributed by atoms with Gasteiger partial charge in [0.15, 0.2) is 11.6 Å². The van der Waals surface area contributed by atoms with Gasteiger partial charge in [0.25, 0.3) is 0 Å². The van der Waals surface area contributed by atoms with Crippen molar-refractivity contribution in [3.63, 3.8) is 0 Å². The molecule has 0 radical (unpaired) electrons. The van der Waals surface area contributed by atoms with Crippen molar-refractivity contribution in [2.45, 2.75) is 45.1 Å². The summed E-state index contributed by atoms with van der Waals surface area (Å²) < 4.78 is 20.2. The van der Waals surface area contributed by atoms with Crippen molar-refractivity contribution in [1.29, 1.82) is 5.41 Å². The minimum absolute atomic E-state index is 0.0817. The summed E-state index contributed by atoms with van der Waals surface area (Å²) in [5.74, 6) is 0.280. The maximum Gasteiger partial charge on any atom is 0.179 e. The number of halogens is 2. The molecule has 1 aliphatic carbocycles. The molecule has 20 heavy (non-hydrogen) atoms. The number of nitrogens with two attached hydrogens (primary N) is 1. The Morgan fingerprint density at radius 1 is 1.50 bits per heavy atom. The minimum Gasteiger partial charge on any atom is -0.487 e. The Kier molecular flexibility index (Phi) is 5.02. The van der Waals surface area contributed by atoms with Crippen LogP contribution in [0.2, 0.25) is 0 Å². The van der Waals surface area contributed by atoms with Gasteiger partial charge in [-0.15, -0.1) is 0 Å². The second-order valence-electron chi connectivity index (χ2n) is 5.33. The summed E-state index contributed by atoms with van der Waals surface area (Å²) >= 11 is 3.15. The molecule has 5 heteroatoms. The molecule has 0 aromatic heterocycles. The first-order valence-electron chi connectivity index (χ1n) is 7.02. The normalized spacial score (nSPS) is 22.6. The van der Waals surface area contributed by atoms with Gasteiger partial charge >= 0.3 is 0 Å². The molecule has 0 saturated heterocycles. The fourth-order valence-electron chi connectivity index (χ4n) is 2.73. The molecule has 1 aromatic carbocycles. The second kappa shape index (κ2) is 6.57. The van der Waals surface area contributed by atoms with Crippen molar-refractivity contribution in [2.24, 2.45) is 11.7 Å². The van der Waals surface area contributed by atoms with E-state index in [0.717, 1.165) is 25.7 Å². The third kappa shape index (κ3) is 3.32. The van der Waals surface area contributed by atoms with Crippen LogP contribution in [0.1, 0.15) is 44.6 Å². The van der Waals surface area contributed by atoms with Crippen molar-refractivity contribution in [2.75, 3.05) is 0 Å². The van der Waals surface area contributed by atoms with Crippen LogP contribution in [0.15, 0.2) is 16.6 Å². The number of nitrogen functional groups attached to an aromatic ring is 1. The second-order valence-corrected chi connectivity index (χ2v) is 6.13. The maximum absolute atomic E-state index is 14.2. The summed E-state index contributed by atoms with van der Waals surface area (Å²) in [7, 11) is 0. The highest BCUT2D eigenvalue weighted by Crippen LogP contribution is 2.33. The zero-order valence-corrected chi connectivity index (χ0v) is 13.2. The van der Waals surface area contributed by atoms with E-state index in [9.17, 15) is 4.39 Å². The average Bonchev–Trinajstić information content (AvgIpc) is 2.44. The van der Waals surface area contributed by atoms with Crippen LogP contribution in [0.5, 0.6) is 5.75 Å². The van der Waals surface area contributed by atoms with Crippen LogP contribution < -0.4 is 10.5 Å². The summed E-state index contributed by atoms with van der Waals surface area (Å²) in [6, 6.07) is 3.18. The van der Waals surface area contributed by atoms with Crippen LogP contribution in [0.4, 0.5) is 4.39 Å². The number of hydrogen-bond donors (Lipinski definition) is 2. The van der Waals surface area contributed by atoms with Gasteiger partial charge in [-0.1, -0.05) is 19.8 Å². The van der Waals surface area contributed by atoms with Gasteiger partial charge in [0.05, 0.1) is 10.6 Å². The molecule has 0 aliphatic heterocycles. The van der Waals surface area contributed by atoms with E-state index in [0.29, 0.717) is 11.5 Å². The SMILES string of the molecule is CCC1CCCC(Oc2ccc(C(=N)N)c(Br)c2F)C1. The molecule has 2 atom stereocenters. The Bertz CT molecular complexity index is 507. The van der Waals surface area contributed by atoms with E-state index < -0.39 is 5.82 Å². The van der Waals surface area contributed by atoms with E-state index >= 15 is 0 Å². The molecule has 1 saturated carbocycles.